The van der Waals surface area contributed by atoms with Crippen LogP contribution in [-0.4, -0.2) is 15.5 Å². The fraction of sp³-hybridized carbons (Fsp3) is 0.0526. The van der Waals surface area contributed by atoms with E-state index in [1.807, 2.05) is 46.5 Å². The van der Waals surface area contributed by atoms with Crippen LogP contribution in [0.2, 0.25) is 0 Å². The van der Waals surface area contributed by atoms with E-state index < -0.39 is 0 Å². The molecule has 4 rings (SSSR count). The predicted octanol–water partition coefficient (Wildman–Crippen LogP) is 3.99. The molecule has 124 valence electrons. The number of hydrogen-bond acceptors (Lipinski definition) is 4. The maximum absolute atomic E-state index is 12.5. The number of aromatic nitrogens is 2. The Hall–Kier alpha value is -3.12. The standard InChI is InChI=1S/C19H16N4OS/c20-15-6-2-3-7-16(15)22-18(24)12-23-11-14(19-21-9-10-25-19)13-5-1-4-8-17(13)23/h1-11H,12,20H2,(H,22,24). The molecule has 0 aliphatic rings. The zero-order valence-corrected chi connectivity index (χ0v) is 14.2. The third-order valence-electron chi connectivity index (χ3n) is 4.00. The van der Waals surface area contributed by atoms with Gasteiger partial charge in [0, 0.05) is 34.2 Å². The molecule has 4 aromatic rings. The number of rotatable bonds is 4. The van der Waals surface area contributed by atoms with Gasteiger partial charge in [0.1, 0.15) is 11.6 Å². The number of fused-ring (bicyclic) bond motifs is 1. The van der Waals surface area contributed by atoms with E-state index in [1.165, 1.54) is 0 Å². The smallest absolute Gasteiger partial charge is 0.244 e. The lowest BCUT2D eigenvalue weighted by molar-refractivity contribution is -0.116. The number of nitrogen functional groups attached to an aromatic ring is 1. The molecule has 0 saturated heterocycles. The molecule has 2 aromatic carbocycles. The van der Waals surface area contributed by atoms with Crippen molar-refractivity contribution in [2.45, 2.75) is 6.54 Å². The molecule has 0 aliphatic carbocycles. The van der Waals surface area contributed by atoms with Gasteiger partial charge in [-0.05, 0) is 18.2 Å². The zero-order valence-electron chi connectivity index (χ0n) is 13.3. The normalized spacial score (nSPS) is 10.9. The Morgan fingerprint density at radius 2 is 1.96 bits per heavy atom. The van der Waals surface area contributed by atoms with Crippen LogP contribution in [0.5, 0.6) is 0 Å². The van der Waals surface area contributed by atoms with Gasteiger partial charge in [0.2, 0.25) is 5.91 Å². The summed E-state index contributed by atoms with van der Waals surface area (Å²) in [5, 5.41) is 6.85. The molecule has 0 atom stereocenters. The molecule has 6 heteroatoms. The van der Waals surface area contributed by atoms with Crippen LogP contribution >= 0.6 is 11.3 Å². The Morgan fingerprint density at radius 1 is 1.16 bits per heavy atom. The minimum atomic E-state index is -0.121. The van der Waals surface area contributed by atoms with Crippen molar-refractivity contribution < 1.29 is 4.79 Å². The van der Waals surface area contributed by atoms with Crippen LogP contribution in [0.4, 0.5) is 11.4 Å². The number of carbonyl (C=O) groups is 1. The minimum Gasteiger partial charge on any atom is -0.397 e. The highest BCUT2D eigenvalue weighted by Gasteiger charge is 2.14. The Labute approximate surface area is 148 Å². The molecule has 0 unspecified atom stereocenters. The van der Waals surface area contributed by atoms with Crippen LogP contribution in [-0.2, 0) is 11.3 Å². The van der Waals surface area contributed by atoms with E-state index in [0.29, 0.717) is 11.4 Å². The van der Waals surface area contributed by atoms with Crippen molar-refractivity contribution in [3.05, 3.63) is 66.3 Å². The lowest BCUT2D eigenvalue weighted by Crippen LogP contribution is -2.18. The van der Waals surface area contributed by atoms with Crippen LogP contribution in [0.3, 0.4) is 0 Å². The second-order valence-electron chi connectivity index (χ2n) is 5.66. The Morgan fingerprint density at radius 3 is 2.76 bits per heavy atom. The fourth-order valence-corrected chi connectivity index (χ4v) is 3.52. The van der Waals surface area contributed by atoms with Gasteiger partial charge in [-0.2, -0.15) is 0 Å². The van der Waals surface area contributed by atoms with Crippen LogP contribution in [0.15, 0.2) is 66.3 Å². The highest BCUT2D eigenvalue weighted by molar-refractivity contribution is 7.13. The summed E-state index contributed by atoms with van der Waals surface area (Å²) in [5.41, 5.74) is 9.12. The van der Waals surface area contributed by atoms with Crippen molar-refractivity contribution in [3.8, 4) is 10.6 Å². The lowest BCUT2D eigenvalue weighted by atomic mass is 10.2. The Bertz CT molecular complexity index is 1040. The van der Waals surface area contributed by atoms with E-state index in [2.05, 4.69) is 16.4 Å². The van der Waals surface area contributed by atoms with Gasteiger partial charge < -0.3 is 15.6 Å². The number of amides is 1. The molecule has 2 heterocycles. The molecule has 0 fully saturated rings. The van der Waals surface area contributed by atoms with Crippen LogP contribution in [0.1, 0.15) is 0 Å². The Balaban J connectivity index is 1.66. The largest absolute Gasteiger partial charge is 0.397 e. The molecule has 25 heavy (non-hydrogen) atoms. The average Bonchev–Trinajstić information content (AvgIpc) is 3.25. The van der Waals surface area contributed by atoms with Gasteiger partial charge in [-0.3, -0.25) is 4.79 Å². The van der Waals surface area contributed by atoms with Crippen molar-refractivity contribution in [2.75, 3.05) is 11.1 Å². The first-order valence-corrected chi connectivity index (χ1v) is 8.72. The van der Waals surface area contributed by atoms with Gasteiger partial charge in [0.15, 0.2) is 0 Å². The fourth-order valence-electron chi connectivity index (χ4n) is 2.86. The number of nitrogens with one attached hydrogen (secondary N) is 1. The van der Waals surface area contributed by atoms with Crippen molar-refractivity contribution in [1.82, 2.24) is 9.55 Å². The summed E-state index contributed by atoms with van der Waals surface area (Å²) in [6, 6.07) is 15.3. The lowest BCUT2D eigenvalue weighted by Gasteiger charge is -2.09. The Kier molecular flexibility index (Phi) is 3.95. The van der Waals surface area contributed by atoms with Crippen molar-refractivity contribution in [1.29, 1.82) is 0 Å². The van der Waals surface area contributed by atoms with Crippen molar-refractivity contribution in [2.24, 2.45) is 0 Å². The molecular weight excluding hydrogens is 332 g/mol. The number of thiazole rings is 1. The first-order valence-electron chi connectivity index (χ1n) is 7.84. The van der Waals surface area contributed by atoms with E-state index in [4.69, 9.17) is 5.73 Å². The van der Waals surface area contributed by atoms with E-state index >= 15 is 0 Å². The first-order chi connectivity index (χ1) is 12.2. The van der Waals surface area contributed by atoms with Gasteiger partial charge in [0.25, 0.3) is 0 Å². The summed E-state index contributed by atoms with van der Waals surface area (Å²) in [7, 11) is 0. The van der Waals surface area contributed by atoms with E-state index in [9.17, 15) is 4.79 Å². The molecule has 0 saturated carbocycles. The van der Waals surface area contributed by atoms with Crippen LogP contribution < -0.4 is 11.1 Å². The maximum Gasteiger partial charge on any atom is 0.244 e. The summed E-state index contributed by atoms with van der Waals surface area (Å²) in [5.74, 6) is -0.121. The summed E-state index contributed by atoms with van der Waals surface area (Å²) >= 11 is 1.59. The van der Waals surface area contributed by atoms with Crippen LogP contribution in [0, 0.1) is 0 Å². The molecule has 2 aromatic heterocycles. The number of nitrogens with zero attached hydrogens (tertiary/aromatic N) is 2. The van der Waals surface area contributed by atoms with Gasteiger partial charge in [0.05, 0.1) is 11.4 Å². The number of para-hydroxylation sites is 3. The molecule has 0 bridgehead atoms. The summed E-state index contributed by atoms with van der Waals surface area (Å²) in [4.78, 5) is 16.9. The predicted molar refractivity (Wildman–Crippen MR) is 103 cm³/mol. The highest BCUT2D eigenvalue weighted by Crippen LogP contribution is 2.31. The third kappa shape index (κ3) is 2.99. The first kappa shape index (κ1) is 15.4. The van der Waals surface area contributed by atoms with Gasteiger partial charge in [-0.1, -0.05) is 30.3 Å². The monoisotopic (exact) mass is 348 g/mol. The minimum absolute atomic E-state index is 0.121. The average molecular weight is 348 g/mol. The van der Waals surface area contributed by atoms with Gasteiger partial charge in [-0.25, -0.2) is 4.98 Å². The second-order valence-corrected chi connectivity index (χ2v) is 6.56. The highest BCUT2D eigenvalue weighted by atomic mass is 32.1. The molecule has 0 radical (unpaired) electrons. The summed E-state index contributed by atoms with van der Waals surface area (Å²) in [6.07, 6.45) is 3.77. The topological polar surface area (TPSA) is 72.9 Å². The zero-order chi connectivity index (χ0) is 17.2. The molecule has 5 nitrogen and oxygen atoms in total. The summed E-state index contributed by atoms with van der Waals surface area (Å²) < 4.78 is 1.94. The quantitative estimate of drug-likeness (QED) is 0.548. The van der Waals surface area contributed by atoms with Crippen molar-refractivity contribution >= 4 is 39.5 Å². The van der Waals surface area contributed by atoms with E-state index in [0.717, 1.165) is 21.5 Å². The third-order valence-corrected chi connectivity index (χ3v) is 4.81. The second kappa shape index (κ2) is 6.41. The molecule has 0 spiro atoms. The number of carbonyl (C=O) groups excluding carboxylic acids is 1. The SMILES string of the molecule is Nc1ccccc1NC(=O)Cn1cc(-c2nccs2)c2ccccc21. The van der Waals surface area contributed by atoms with Gasteiger partial charge >= 0.3 is 0 Å². The number of benzene rings is 2. The summed E-state index contributed by atoms with van der Waals surface area (Å²) in [6.45, 7) is 0.209. The van der Waals surface area contributed by atoms with Crippen molar-refractivity contribution in [3.63, 3.8) is 0 Å². The maximum atomic E-state index is 12.5. The molecule has 0 aliphatic heterocycles. The molecule has 3 N–H and O–H groups in total. The number of anilines is 2. The van der Waals surface area contributed by atoms with E-state index in [-0.39, 0.29) is 12.5 Å². The van der Waals surface area contributed by atoms with E-state index in [1.54, 1.807) is 29.7 Å². The van der Waals surface area contributed by atoms with Crippen LogP contribution in [0.25, 0.3) is 21.5 Å². The molecule has 1 amide bonds. The number of hydrogen-bond donors (Lipinski definition) is 2. The number of nitrogens with two attached hydrogens (primary N) is 1. The molecular formula is C19H16N4OS. The van der Waals surface area contributed by atoms with Gasteiger partial charge in [-0.15, -0.1) is 11.3 Å².